The summed E-state index contributed by atoms with van der Waals surface area (Å²) in [5, 5.41) is 8.28. The van der Waals surface area contributed by atoms with Gasteiger partial charge >= 0.3 is 0 Å². The van der Waals surface area contributed by atoms with Gasteiger partial charge in [-0.3, -0.25) is 0 Å². The van der Waals surface area contributed by atoms with E-state index in [2.05, 4.69) is 22.4 Å². The van der Waals surface area contributed by atoms with Crippen LogP contribution in [0.2, 0.25) is 0 Å². The van der Waals surface area contributed by atoms with Gasteiger partial charge in [0.2, 0.25) is 5.89 Å². The summed E-state index contributed by atoms with van der Waals surface area (Å²) in [6, 6.07) is 10.3. The van der Waals surface area contributed by atoms with Crippen LogP contribution in [0.4, 0.5) is 0 Å². The van der Waals surface area contributed by atoms with Crippen molar-refractivity contribution in [3.63, 3.8) is 0 Å². The third-order valence-electron chi connectivity index (χ3n) is 3.71. The number of aromatic nitrogens is 2. The van der Waals surface area contributed by atoms with Crippen LogP contribution in [-0.4, -0.2) is 23.2 Å². The molecule has 3 aromatic rings. The Kier molecular flexibility index (Phi) is 3.75. The third-order valence-corrected chi connectivity index (χ3v) is 3.71. The minimum absolute atomic E-state index is 0.0523. The molecule has 0 saturated heterocycles. The van der Waals surface area contributed by atoms with Crippen LogP contribution in [0.1, 0.15) is 37.2 Å². The molecule has 0 bridgehead atoms. The summed E-state index contributed by atoms with van der Waals surface area (Å²) in [4.78, 5) is 4.47. The molecule has 0 aliphatic carbocycles. The van der Waals surface area contributed by atoms with Crippen molar-refractivity contribution in [3.8, 4) is 0 Å². The molecule has 21 heavy (non-hydrogen) atoms. The second kappa shape index (κ2) is 5.69. The van der Waals surface area contributed by atoms with Crippen LogP contribution in [0.5, 0.6) is 0 Å². The second-order valence-corrected chi connectivity index (χ2v) is 5.35. The highest BCUT2D eigenvalue weighted by Gasteiger charge is 2.20. The van der Waals surface area contributed by atoms with Crippen molar-refractivity contribution in [2.24, 2.45) is 0 Å². The number of furan rings is 1. The zero-order valence-corrected chi connectivity index (χ0v) is 12.5. The Hall–Kier alpha value is -2.14. The Labute approximate surface area is 123 Å². The molecule has 2 heterocycles. The maximum absolute atomic E-state index is 5.86. The van der Waals surface area contributed by atoms with Gasteiger partial charge in [-0.2, -0.15) is 4.98 Å². The van der Waals surface area contributed by atoms with Crippen molar-refractivity contribution < 1.29 is 8.94 Å². The monoisotopic (exact) mass is 285 g/mol. The molecule has 0 amide bonds. The number of fused-ring (bicyclic) bond motifs is 1. The van der Waals surface area contributed by atoms with Gasteiger partial charge in [0.15, 0.2) is 5.82 Å². The largest absolute Gasteiger partial charge is 0.460 e. The van der Waals surface area contributed by atoms with Crippen molar-refractivity contribution in [2.75, 3.05) is 7.05 Å². The Morgan fingerprint density at radius 1 is 1.24 bits per heavy atom. The lowest BCUT2D eigenvalue weighted by Crippen LogP contribution is -2.24. The third kappa shape index (κ3) is 2.83. The molecule has 1 N–H and O–H groups in total. The normalized spacial score (nSPS) is 14.4. The average Bonchev–Trinajstić information content (AvgIpc) is 3.12. The molecule has 0 saturated carbocycles. The van der Waals surface area contributed by atoms with Crippen molar-refractivity contribution in [1.29, 1.82) is 0 Å². The number of nitrogens with zero attached hydrogens (tertiary/aromatic N) is 2. The Balaban J connectivity index is 1.82. The number of nitrogens with one attached hydrogen (secondary N) is 1. The van der Waals surface area contributed by atoms with E-state index in [-0.39, 0.29) is 5.92 Å². The maximum Gasteiger partial charge on any atom is 0.237 e. The zero-order valence-electron chi connectivity index (χ0n) is 12.5. The van der Waals surface area contributed by atoms with Gasteiger partial charge in [0, 0.05) is 17.8 Å². The van der Waals surface area contributed by atoms with Gasteiger partial charge in [-0.05, 0) is 33.0 Å². The standard InChI is InChI=1S/C16H19N3O2/c1-10(17-3)8-15-18-16(21-19-15)11(2)14-9-12-6-4-5-7-13(12)20-14/h4-7,9-11,17H,8H2,1-3H3. The topological polar surface area (TPSA) is 64.1 Å². The van der Waals surface area contributed by atoms with Crippen molar-refractivity contribution in [3.05, 3.63) is 47.8 Å². The van der Waals surface area contributed by atoms with Gasteiger partial charge in [-0.15, -0.1) is 0 Å². The summed E-state index contributed by atoms with van der Waals surface area (Å²) in [6.07, 6.45) is 0.743. The van der Waals surface area contributed by atoms with E-state index in [1.807, 2.05) is 44.3 Å². The van der Waals surface area contributed by atoms with E-state index < -0.39 is 0 Å². The lowest BCUT2D eigenvalue weighted by atomic mass is 10.1. The van der Waals surface area contributed by atoms with Crippen LogP contribution in [0.25, 0.3) is 11.0 Å². The summed E-state index contributed by atoms with van der Waals surface area (Å²) in [5.74, 6) is 2.10. The number of rotatable bonds is 5. The fourth-order valence-corrected chi connectivity index (χ4v) is 2.24. The van der Waals surface area contributed by atoms with Crippen LogP contribution < -0.4 is 5.32 Å². The first-order valence-electron chi connectivity index (χ1n) is 7.15. The first-order valence-corrected chi connectivity index (χ1v) is 7.15. The summed E-state index contributed by atoms with van der Waals surface area (Å²) in [6.45, 7) is 4.09. The molecule has 5 heteroatoms. The van der Waals surface area contributed by atoms with Crippen LogP contribution in [0, 0.1) is 0 Å². The predicted molar refractivity (Wildman–Crippen MR) is 80.3 cm³/mol. The maximum atomic E-state index is 5.86. The van der Waals surface area contributed by atoms with E-state index >= 15 is 0 Å². The number of hydrogen-bond acceptors (Lipinski definition) is 5. The Morgan fingerprint density at radius 3 is 2.81 bits per heavy atom. The molecule has 0 aliphatic heterocycles. The van der Waals surface area contributed by atoms with Crippen molar-refractivity contribution >= 4 is 11.0 Å². The van der Waals surface area contributed by atoms with Gasteiger partial charge < -0.3 is 14.3 Å². The number of likely N-dealkylation sites (N-methyl/N-ethyl adjacent to an activating group) is 1. The summed E-state index contributed by atoms with van der Waals surface area (Å²) in [5.41, 5.74) is 0.878. The van der Waals surface area contributed by atoms with Crippen LogP contribution in [-0.2, 0) is 6.42 Å². The molecule has 2 atom stereocenters. The van der Waals surface area contributed by atoms with Gasteiger partial charge in [-0.1, -0.05) is 23.4 Å². The van der Waals surface area contributed by atoms with Crippen LogP contribution in [0.3, 0.4) is 0 Å². The van der Waals surface area contributed by atoms with Gasteiger partial charge in [0.25, 0.3) is 0 Å². The highest BCUT2D eigenvalue weighted by molar-refractivity contribution is 5.77. The summed E-state index contributed by atoms with van der Waals surface area (Å²) >= 11 is 0. The minimum Gasteiger partial charge on any atom is -0.460 e. The fourth-order valence-electron chi connectivity index (χ4n) is 2.24. The molecule has 0 spiro atoms. The molecule has 2 aromatic heterocycles. The second-order valence-electron chi connectivity index (χ2n) is 5.35. The number of benzene rings is 1. The molecule has 110 valence electrons. The van der Waals surface area contributed by atoms with Crippen molar-refractivity contribution in [2.45, 2.75) is 32.2 Å². The lowest BCUT2D eigenvalue weighted by molar-refractivity contribution is 0.352. The molecule has 3 rings (SSSR count). The predicted octanol–water partition coefficient (Wildman–Crippen LogP) is 3.12. The van der Waals surface area contributed by atoms with Crippen LogP contribution in [0.15, 0.2) is 39.3 Å². The first-order chi connectivity index (χ1) is 10.2. The number of hydrogen-bond donors (Lipinski definition) is 1. The molecule has 0 aliphatic rings. The average molecular weight is 285 g/mol. The molecular weight excluding hydrogens is 266 g/mol. The zero-order chi connectivity index (χ0) is 14.8. The summed E-state index contributed by atoms with van der Waals surface area (Å²) in [7, 11) is 1.92. The van der Waals surface area contributed by atoms with E-state index in [1.165, 1.54) is 0 Å². The smallest absolute Gasteiger partial charge is 0.237 e. The quantitative estimate of drug-likeness (QED) is 0.780. The van der Waals surface area contributed by atoms with E-state index in [1.54, 1.807) is 0 Å². The fraction of sp³-hybridized carbons (Fsp3) is 0.375. The minimum atomic E-state index is -0.0523. The van der Waals surface area contributed by atoms with Gasteiger partial charge in [0.05, 0.1) is 5.92 Å². The van der Waals surface area contributed by atoms with E-state index in [0.717, 1.165) is 29.0 Å². The molecule has 0 radical (unpaired) electrons. The molecule has 1 aromatic carbocycles. The number of para-hydroxylation sites is 1. The van der Waals surface area contributed by atoms with E-state index in [4.69, 9.17) is 8.94 Å². The van der Waals surface area contributed by atoms with E-state index in [0.29, 0.717) is 11.9 Å². The Bertz CT molecular complexity index is 699. The highest BCUT2D eigenvalue weighted by Crippen LogP contribution is 2.28. The summed E-state index contributed by atoms with van der Waals surface area (Å²) < 4.78 is 11.2. The van der Waals surface area contributed by atoms with Gasteiger partial charge in [0.1, 0.15) is 11.3 Å². The van der Waals surface area contributed by atoms with Crippen LogP contribution >= 0.6 is 0 Å². The van der Waals surface area contributed by atoms with Crippen molar-refractivity contribution in [1.82, 2.24) is 15.5 Å². The molecule has 2 unspecified atom stereocenters. The molecule has 0 fully saturated rings. The molecular formula is C16H19N3O2. The highest BCUT2D eigenvalue weighted by atomic mass is 16.5. The molecule has 5 nitrogen and oxygen atoms in total. The Morgan fingerprint density at radius 2 is 2.05 bits per heavy atom. The first kappa shape index (κ1) is 13.8. The lowest BCUT2D eigenvalue weighted by Gasteiger charge is -2.05. The van der Waals surface area contributed by atoms with E-state index in [9.17, 15) is 0 Å². The SMILES string of the molecule is CNC(C)Cc1noc(C(C)c2cc3ccccc3o2)n1. The van der Waals surface area contributed by atoms with Gasteiger partial charge in [-0.25, -0.2) is 0 Å².